The van der Waals surface area contributed by atoms with E-state index >= 15 is 0 Å². The lowest BCUT2D eigenvalue weighted by atomic mass is 10.1. The van der Waals surface area contributed by atoms with Gasteiger partial charge in [-0.2, -0.15) is 5.26 Å². The van der Waals surface area contributed by atoms with E-state index in [1.54, 1.807) is 36.6 Å². The van der Waals surface area contributed by atoms with E-state index in [1.807, 2.05) is 13.0 Å². The molecule has 33 heavy (non-hydrogen) atoms. The third kappa shape index (κ3) is 4.60. The molecule has 9 heteroatoms. The topological polar surface area (TPSA) is 148 Å². The number of carboxylic acid groups (broad SMARTS) is 1. The van der Waals surface area contributed by atoms with E-state index in [0.717, 1.165) is 5.56 Å². The first kappa shape index (κ1) is 21.4. The number of nitrogens with one attached hydrogen (secondary N) is 3. The van der Waals surface area contributed by atoms with Crippen molar-refractivity contribution in [1.82, 2.24) is 4.98 Å². The Kier molecular flexibility index (Phi) is 5.66. The molecule has 0 aliphatic rings. The summed E-state index contributed by atoms with van der Waals surface area (Å²) in [5.74, 6) is -1.57. The maximum Gasteiger partial charge on any atom is 0.337 e. The Morgan fingerprint density at radius 3 is 2.61 bits per heavy atom. The van der Waals surface area contributed by atoms with Crippen LogP contribution in [0.4, 0.5) is 11.4 Å². The van der Waals surface area contributed by atoms with E-state index in [9.17, 15) is 19.5 Å². The van der Waals surface area contributed by atoms with Gasteiger partial charge < -0.3 is 25.1 Å². The Hall–Kier alpha value is -4.84. The van der Waals surface area contributed by atoms with Gasteiger partial charge in [-0.1, -0.05) is 12.1 Å². The van der Waals surface area contributed by atoms with E-state index in [4.69, 9.17) is 9.68 Å². The number of fused-ring (bicyclic) bond motifs is 1. The summed E-state index contributed by atoms with van der Waals surface area (Å²) >= 11 is 0. The number of carboxylic acids is 1. The van der Waals surface area contributed by atoms with Crippen molar-refractivity contribution in [1.29, 1.82) is 5.26 Å². The van der Waals surface area contributed by atoms with Crippen LogP contribution in [0.1, 0.15) is 37.7 Å². The van der Waals surface area contributed by atoms with Crippen molar-refractivity contribution in [2.45, 2.75) is 13.3 Å². The first-order valence-electron chi connectivity index (χ1n) is 9.88. The van der Waals surface area contributed by atoms with Gasteiger partial charge >= 0.3 is 5.97 Å². The standard InChI is InChI=1S/C24H18N4O5/c1-13-7-16(33-12-13)10-21(29)26-19-4-2-3-15-9-20(27-22(15)19)23(30)28-18-6-5-14(11-25)8-17(18)24(31)32/h2-9,12,27H,10H2,1H3,(H,26,29)(H,28,30)(H,31,32). The molecule has 0 fully saturated rings. The van der Waals surface area contributed by atoms with Crippen LogP contribution in [0.25, 0.3) is 10.9 Å². The van der Waals surface area contributed by atoms with Gasteiger partial charge in [-0.15, -0.1) is 0 Å². The average molecular weight is 442 g/mol. The molecule has 0 radical (unpaired) electrons. The maximum absolute atomic E-state index is 12.8. The molecule has 0 unspecified atom stereocenters. The van der Waals surface area contributed by atoms with Crippen molar-refractivity contribution in [3.63, 3.8) is 0 Å². The second-order valence-electron chi connectivity index (χ2n) is 7.40. The molecular weight excluding hydrogens is 424 g/mol. The number of nitrogens with zero attached hydrogens (tertiary/aromatic N) is 1. The highest BCUT2D eigenvalue weighted by atomic mass is 16.4. The SMILES string of the molecule is Cc1coc(CC(=O)Nc2cccc3cc(C(=O)Nc4ccc(C#N)cc4C(=O)O)[nH]c23)c1. The van der Waals surface area contributed by atoms with Crippen LogP contribution >= 0.6 is 0 Å². The fourth-order valence-corrected chi connectivity index (χ4v) is 3.41. The first-order valence-corrected chi connectivity index (χ1v) is 9.88. The van der Waals surface area contributed by atoms with Gasteiger partial charge in [0, 0.05) is 5.39 Å². The van der Waals surface area contributed by atoms with Crippen molar-refractivity contribution in [2.75, 3.05) is 10.6 Å². The van der Waals surface area contributed by atoms with E-state index in [-0.39, 0.29) is 34.8 Å². The number of anilines is 2. The maximum atomic E-state index is 12.8. The second kappa shape index (κ2) is 8.72. The summed E-state index contributed by atoms with van der Waals surface area (Å²) in [5.41, 5.74) is 2.17. The number of H-pyrrole nitrogens is 1. The lowest BCUT2D eigenvalue weighted by Gasteiger charge is -2.08. The van der Waals surface area contributed by atoms with Crippen molar-refractivity contribution in [2.24, 2.45) is 0 Å². The fraction of sp³-hybridized carbons (Fsp3) is 0.0833. The number of rotatable bonds is 6. The van der Waals surface area contributed by atoms with Gasteiger partial charge in [0.15, 0.2) is 0 Å². The minimum atomic E-state index is -1.27. The lowest BCUT2D eigenvalue weighted by Crippen LogP contribution is -2.15. The van der Waals surface area contributed by atoms with Gasteiger partial charge in [0.2, 0.25) is 5.91 Å². The second-order valence-corrected chi connectivity index (χ2v) is 7.40. The van der Waals surface area contributed by atoms with Crippen LogP contribution in [0.15, 0.2) is 59.2 Å². The molecule has 9 nitrogen and oxygen atoms in total. The molecule has 0 saturated carbocycles. The van der Waals surface area contributed by atoms with E-state index in [2.05, 4.69) is 15.6 Å². The van der Waals surface area contributed by atoms with Gasteiger partial charge in [-0.3, -0.25) is 9.59 Å². The van der Waals surface area contributed by atoms with Crippen LogP contribution in [-0.4, -0.2) is 27.9 Å². The Labute approximate surface area is 187 Å². The summed E-state index contributed by atoms with van der Waals surface area (Å²) in [5, 5.41) is 24.4. The summed E-state index contributed by atoms with van der Waals surface area (Å²) in [6.07, 6.45) is 1.64. The van der Waals surface area contributed by atoms with Crippen molar-refractivity contribution < 1.29 is 23.9 Å². The number of amides is 2. The van der Waals surface area contributed by atoms with Crippen LogP contribution in [0.3, 0.4) is 0 Å². The van der Waals surface area contributed by atoms with Gasteiger partial charge in [0.1, 0.15) is 11.5 Å². The molecule has 0 saturated heterocycles. The van der Waals surface area contributed by atoms with Crippen LogP contribution < -0.4 is 10.6 Å². The number of aromatic carboxylic acids is 1. The Bertz CT molecular complexity index is 1440. The zero-order valence-electron chi connectivity index (χ0n) is 17.4. The highest BCUT2D eigenvalue weighted by Gasteiger charge is 2.17. The number of hydrogen-bond acceptors (Lipinski definition) is 5. The van der Waals surface area contributed by atoms with Crippen LogP contribution in [0.2, 0.25) is 0 Å². The number of carbonyl (C=O) groups is 3. The largest absolute Gasteiger partial charge is 0.478 e. The lowest BCUT2D eigenvalue weighted by molar-refractivity contribution is -0.115. The third-order valence-electron chi connectivity index (χ3n) is 4.92. The Morgan fingerprint density at radius 1 is 1.09 bits per heavy atom. The summed E-state index contributed by atoms with van der Waals surface area (Å²) in [6, 6.07) is 14.4. The minimum Gasteiger partial charge on any atom is -0.478 e. The quantitative estimate of drug-likeness (QED) is 0.354. The molecule has 4 N–H and O–H groups in total. The zero-order chi connectivity index (χ0) is 23.5. The van der Waals surface area contributed by atoms with E-state index in [0.29, 0.717) is 22.4 Å². The highest BCUT2D eigenvalue weighted by Crippen LogP contribution is 2.25. The van der Waals surface area contributed by atoms with Crippen LogP contribution in [0, 0.1) is 18.3 Å². The zero-order valence-corrected chi connectivity index (χ0v) is 17.4. The third-order valence-corrected chi connectivity index (χ3v) is 4.92. The van der Waals surface area contributed by atoms with Crippen molar-refractivity contribution >= 4 is 40.1 Å². The molecule has 0 aliphatic carbocycles. The Balaban J connectivity index is 1.56. The molecule has 0 atom stereocenters. The molecule has 2 aromatic heterocycles. The molecular formula is C24H18N4O5. The molecule has 2 aromatic carbocycles. The number of nitriles is 1. The first-order chi connectivity index (χ1) is 15.8. The Morgan fingerprint density at radius 2 is 1.91 bits per heavy atom. The number of aromatic amines is 1. The predicted molar refractivity (Wildman–Crippen MR) is 120 cm³/mol. The van der Waals surface area contributed by atoms with E-state index in [1.165, 1.54) is 18.2 Å². The average Bonchev–Trinajstić information content (AvgIpc) is 3.40. The van der Waals surface area contributed by atoms with Gasteiger partial charge in [0.25, 0.3) is 5.91 Å². The molecule has 2 heterocycles. The number of carbonyl (C=O) groups excluding carboxylic acids is 2. The van der Waals surface area contributed by atoms with Gasteiger partial charge in [0.05, 0.1) is 46.8 Å². The fourth-order valence-electron chi connectivity index (χ4n) is 3.41. The van der Waals surface area contributed by atoms with Crippen molar-refractivity contribution in [3.05, 3.63) is 82.9 Å². The molecule has 164 valence electrons. The molecule has 0 spiro atoms. The molecule has 2 amide bonds. The summed E-state index contributed by atoms with van der Waals surface area (Å²) in [7, 11) is 0. The van der Waals surface area contributed by atoms with Gasteiger partial charge in [-0.05, 0) is 48.9 Å². The minimum absolute atomic E-state index is 0.0624. The number of furan rings is 1. The van der Waals surface area contributed by atoms with E-state index < -0.39 is 11.9 Å². The smallest absolute Gasteiger partial charge is 0.337 e. The number of aryl methyl sites for hydroxylation is 1. The highest BCUT2D eigenvalue weighted by molar-refractivity contribution is 6.10. The van der Waals surface area contributed by atoms with Crippen LogP contribution in [0.5, 0.6) is 0 Å². The number of benzene rings is 2. The number of para-hydroxylation sites is 1. The molecule has 0 aliphatic heterocycles. The van der Waals surface area contributed by atoms with Crippen LogP contribution in [-0.2, 0) is 11.2 Å². The summed E-state index contributed by atoms with van der Waals surface area (Å²) in [6.45, 7) is 1.87. The number of hydrogen-bond donors (Lipinski definition) is 4. The molecule has 4 aromatic rings. The predicted octanol–water partition coefficient (Wildman–Crippen LogP) is 4.07. The van der Waals surface area contributed by atoms with Crippen molar-refractivity contribution in [3.8, 4) is 6.07 Å². The number of aromatic nitrogens is 1. The molecule has 4 rings (SSSR count). The molecule has 0 bridgehead atoms. The monoisotopic (exact) mass is 442 g/mol. The van der Waals surface area contributed by atoms with Gasteiger partial charge in [-0.25, -0.2) is 4.79 Å². The summed E-state index contributed by atoms with van der Waals surface area (Å²) < 4.78 is 5.31. The summed E-state index contributed by atoms with van der Waals surface area (Å²) in [4.78, 5) is 39.7. The normalized spacial score (nSPS) is 10.5.